The van der Waals surface area contributed by atoms with Crippen LogP contribution in [-0.4, -0.2) is 33.5 Å². The Morgan fingerprint density at radius 1 is 1.33 bits per heavy atom. The summed E-state index contributed by atoms with van der Waals surface area (Å²) in [6, 6.07) is 5.78. The van der Waals surface area contributed by atoms with E-state index in [-0.39, 0.29) is 12.7 Å². The van der Waals surface area contributed by atoms with Crippen LogP contribution in [0.5, 0.6) is 11.5 Å². The molecule has 4 rings (SSSR count). The van der Waals surface area contributed by atoms with Crippen molar-refractivity contribution in [2.75, 3.05) is 13.3 Å². The number of aromatic nitrogens is 2. The fourth-order valence-corrected chi connectivity index (χ4v) is 4.02. The number of thiazole rings is 1. The van der Waals surface area contributed by atoms with E-state index in [4.69, 9.17) is 9.47 Å². The lowest BCUT2D eigenvalue weighted by Gasteiger charge is -2.19. The number of hydrogen-bond acceptors (Lipinski definition) is 5. The van der Waals surface area contributed by atoms with Crippen molar-refractivity contribution in [1.82, 2.24) is 14.3 Å². The van der Waals surface area contributed by atoms with Crippen LogP contribution in [0.4, 0.5) is 0 Å². The first-order chi connectivity index (χ1) is 13.0. The number of fused-ring (bicyclic) bond motifs is 2. The molecule has 0 spiro atoms. The molecule has 140 valence electrons. The molecule has 1 amide bonds. The molecule has 0 aliphatic carbocycles. The van der Waals surface area contributed by atoms with Crippen LogP contribution in [0, 0.1) is 13.8 Å². The number of likely N-dealkylation sites (N-methyl/N-ethyl adjacent to an activating group) is 1. The summed E-state index contributed by atoms with van der Waals surface area (Å²) in [6.45, 7) is 7.38. The molecule has 7 heteroatoms. The Morgan fingerprint density at radius 2 is 2.15 bits per heavy atom. The first kappa shape index (κ1) is 17.6. The van der Waals surface area contributed by atoms with Crippen molar-refractivity contribution in [1.29, 1.82) is 0 Å². The van der Waals surface area contributed by atoms with E-state index in [0.717, 1.165) is 33.4 Å². The van der Waals surface area contributed by atoms with Crippen LogP contribution in [0.1, 0.15) is 28.8 Å². The van der Waals surface area contributed by atoms with Gasteiger partial charge in [0.25, 0.3) is 0 Å². The smallest absolute Gasteiger partial charge is 0.246 e. The Hall–Kier alpha value is -2.80. The van der Waals surface area contributed by atoms with Gasteiger partial charge in [0.2, 0.25) is 12.7 Å². The van der Waals surface area contributed by atoms with E-state index < -0.39 is 0 Å². The van der Waals surface area contributed by atoms with Crippen LogP contribution in [0.3, 0.4) is 0 Å². The van der Waals surface area contributed by atoms with Crippen LogP contribution in [0.2, 0.25) is 0 Å². The lowest BCUT2D eigenvalue weighted by molar-refractivity contribution is -0.126. The first-order valence-corrected chi connectivity index (χ1v) is 9.67. The van der Waals surface area contributed by atoms with Gasteiger partial charge in [-0.3, -0.25) is 9.20 Å². The molecule has 2 aromatic heterocycles. The summed E-state index contributed by atoms with van der Waals surface area (Å²) in [5.74, 6) is 1.45. The number of carbonyl (C=O) groups excluding carboxylic acids is 1. The fraction of sp³-hybridized carbons (Fsp3) is 0.300. The maximum absolute atomic E-state index is 12.7. The molecule has 1 aromatic carbocycles. The predicted molar refractivity (Wildman–Crippen MR) is 105 cm³/mol. The zero-order valence-electron chi connectivity index (χ0n) is 15.6. The number of rotatable bonds is 5. The second kappa shape index (κ2) is 7.08. The number of benzene rings is 1. The number of ether oxygens (including phenoxy) is 2. The number of imidazole rings is 1. The summed E-state index contributed by atoms with van der Waals surface area (Å²) in [5, 5.41) is 0. The van der Waals surface area contributed by atoms with Crippen molar-refractivity contribution < 1.29 is 14.3 Å². The number of nitrogens with zero attached hydrogens (tertiary/aromatic N) is 3. The quantitative estimate of drug-likeness (QED) is 0.629. The third-order valence-electron chi connectivity index (χ3n) is 4.55. The molecule has 27 heavy (non-hydrogen) atoms. The van der Waals surface area contributed by atoms with Gasteiger partial charge >= 0.3 is 0 Å². The third-order valence-corrected chi connectivity index (χ3v) is 5.45. The Kier molecular flexibility index (Phi) is 4.61. The molecule has 3 aromatic rings. The standard InChI is InChI=1S/C20H21N3O3S/c1-4-22(11-15-5-7-17-18(9-15)26-12-25-17)19(24)8-6-16-14(3)21-20-23(16)10-13(2)27-20/h5-10H,4,11-12H2,1-3H3. The maximum atomic E-state index is 12.7. The number of carbonyl (C=O) groups is 1. The van der Waals surface area contributed by atoms with Gasteiger partial charge in [-0.05, 0) is 44.5 Å². The van der Waals surface area contributed by atoms with Crippen LogP contribution >= 0.6 is 11.3 Å². The van der Waals surface area contributed by atoms with Gasteiger partial charge in [0.15, 0.2) is 16.5 Å². The van der Waals surface area contributed by atoms with Gasteiger partial charge in [0.05, 0.1) is 11.4 Å². The van der Waals surface area contributed by atoms with E-state index >= 15 is 0 Å². The van der Waals surface area contributed by atoms with Gasteiger partial charge in [-0.15, -0.1) is 11.3 Å². The van der Waals surface area contributed by atoms with Crippen LogP contribution < -0.4 is 9.47 Å². The number of aryl methyl sites for hydroxylation is 2. The summed E-state index contributed by atoms with van der Waals surface area (Å²) in [5.41, 5.74) is 2.88. The summed E-state index contributed by atoms with van der Waals surface area (Å²) in [7, 11) is 0. The third kappa shape index (κ3) is 3.42. The lowest BCUT2D eigenvalue weighted by atomic mass is 10.2. The van der Waals surface area contributed by atoms with E-state index in [1.165, 1.54) is 4.88 Å². The minimum absolute atomic E-state index is 0.0310. The SMILES string of the molecule is CCN(Cc1ccc2c(c1)OCO2)C(=O)C=Cc1c(C)nc2sc(C)cn12. The van der Waals surface area contributed by atoms with Gasteiger partial charge in [0, 0.05) is 30.2 Å². The molecule has 0 atom stereocenters. The Morgan fingerprint density at radius 3 is 2.96 bits per heavy atom. The first-order valence-electron chi connectivity index (χ1n) is 8.85. The normalized spacial score (nSPS) is 13.0. The molecule has 3 heterocycles. The highest BCUT2D eigenvalue weighted by atomic mass is 32.1. The van der Waals surface area contributed by atoms with Crippen LogP contribution in [-0.2, 0) is 11.3 Å². The van der Waals surface area contributed by atoms with Gasteiger partial charge in [0.1, 0.15) is 0 Å². The highest BCUT2D eigenvalue weighted by molar-refractivity contribution is 7.17. The summed E-state index contributed by atoms with van der Waals surface area (Å²) in [6.07, 6.45) is 5.53. The molecule has 1 aliphatic rings. The van der Waals surface area contributed by atoms with Crippen molar-refractivity contribution >= 4 is 28.3 Å². The second-order valence-corrected chi connectivity index (χ2v) is 7.66. The molecule has 0 radical (unpaired) electrons. The van der Waals surface area contributed by atoms with E-state index in [1.54, 1.807) is 22.3 Å². The Labute approximate surface area is 161 Å². The van der Waals surface area contributed by atoms with Gasteiger partial charge < -0.3 is 14.4 Å². The molecule has 0 bridgehead atoms. The van der Waals surface area contributed by atoms with Crippen molar-refractivity contribution in [3.8, 4) is 11.5 Å². The molecule has 1 aliphatic heterocycles. The summed E-state index contributed by atoms with van der Waals surface area (Å²) in [4.78, 5) is 21.2. The minimum Gasteiger partial charge on any atom is -0.454 e. The second-order valence-electron chi connectivity index (χ2n) is 6.45. The fourth-order valence-electron chi connectivity index (χ4n) is 3.14. The number of hydrogen-bond donors (Lipinski definition) is 0. The molecule has 0 unspecified atom stereocenters. The van der Waals surface area contributed by atoms with E-state index in [1.807, 2.05) is 48.7 Å². The highest BCUT2D eigenvalue weighted by Gasteiger charge is 2.16. The topological polar surface area (TPSA) is 56.1 Å². The molecule has 0 N–H and O–H groups in total. The maximum Gasteiger partial charge on any atom is 0.246 e. The highest BCUT2D eigenvalue weighted by Crippen LogP contribution is 2.32. The van der Waals surface area contributed by atoms with Gasteiger partial charge in [-0.25, -0.2) is 4.98 Å². The van der Waals surface area contributed by atoms with Crippen molar-refractivity contribution in [3.63, 3.8) is 0 Å². The zero-order valence-corrected chi connectivity index (χ0v) is 16.4. The van der Waals surface area contributed by atoms with E-state index in [2.05, 4.69) is 11.9 Å². The number of amides is 1. The molecule has 0 saturated carbocycles. The molecule has 6 nitrogen and oxygen atoms in total. The molecular formula is C20H21N3O3S. The minimum atomic E-state index is -0.0310. The Bertz CT molecular complexity index is 1030. The predicted octanol–water partition coefficient (Wildman–Crippen LogP) is 3.80. The van der Waals surface area contributed by atoms with Crippen molar-refractivity contribution in [3.05, 3.63) is 52.3 Å². The monoisotopic (exact) mass is 383 g/mol. The Balaban J connectivity index is 1.51. The molecular weight excluding hydrogens is 362 g/mol. The largest absolute Gasteiger partial charge is 0.454 e. The molecule has 0 saturated heterocycles. The lowest BCUT2D eigenvalue weighted by Crippen LogP contribution is -2.28. The average molecular weight is 383 g/mol. The van der Waals surface area contributed by atoms with Crippen LogP contribution in [0.25, 0.3) is 11.0 Å². The van der Waals surface area contributed by atoms with Crippen molar-refractivity contribution in [2.45, 2.75) is 27.3 Å². The summed E-state index contributed by atoms with van der Waals surface area (Å²) >= 11 is 1.64. The van der Waals surface area contributed by atoms with Crippen LogP contribution in [0.15, 0.2) is 30.5 Å². The average Bonchev–Trinajstić information content (AvgIpc) is 3.31. The van der Waals surface area contributed by atoms with Gasteiger partial charge in [-0.2, -0.15) is 0 Å². The zero-order chi connectivity index (χ0) is 19.0. The van der Waals surface area contributed by atoms with Crippen molar-refractivity contribution in [2.24, 2.45) is 0 Å². The summed E-state index contributed by atoms with van der Waals surface area (Å²) < 4.78 is 12.8. The molecule has 0 fully saturated rings. The van der Waals surface area contributed by atoms with Gasteiger partial charge in [-0.1, -0.05) is 6.07 Å². The van der Waals surface area contributed by atoms with E-state index in [0.29, 0.717) is 13.1 Å². The van der Waals surface area contributed by atoms with E-state index in [9.17, 15) is 4.79 Å².